The van der Waals surface area contributed by atoms with Gasteiger partial charge in [0.1, 0.15) is 17.4 Å². The van der Waals surface area contributed by atoms with Crippen molar-refractivity contribution in [2.24, 2.45) is 5.73 Å². The van der Waals surface area contributed by atoms with Crippen molar-refractivity contribution in [1.82, 2.24) is 0 Å². The van der Waals surface area contributed by atoms with E-state index in [0.717, 1.165) is 15.2 Å². The number of carbonyl (C=O) groups is 1. The number of primary amides is 1. The van der Waals surface area contributed by atoms with E-state index in [1.807, 2.05) is 42.5 Å². The van der Waals surface area contributed by atoms with Crippen LogP contribution in [0.1, 0.15) is 41.8 Å². The maximum atomic E-state index is 14.1. The summed E-state index contributed by atoms with van der Waals surface area (Å²) in [5, 5.41) is 0. The minimum Gasteiger partial charge on any atom is -0.492 e. The molecule has 3 nitrogen and oxygen atoms in total. The molecule has 0 atom stereocenters. The molecule has 0 aromatic heterocycles. The lowest BCUT2D eigenvalue weighted by molar-refractivity contribution is 0.0995. The molecular formula is C20H20F2INO2. The number of nitrogens with two attached hydrogens (primary N) is 1. The summed E-state index contributed by atoms with van der Waals surface area (Å²) in [7, 11) is 0. The Morgan fingerprint density at radius 3 is 2.54 bits per heavy atom. The van der Waals surface area contributed by atoms with Crippen LogP contribution in [0.15, 0.2) is 42.0 Å². The van der Waals surface area contributed by atoms with Crippen LogP contribution in [0.25, 0.3) is 0 Å². The van der Waals surface area contributed by atoms with Crippen LogP contribution in [0.2, 0.25) is 0 Å². The number of benzene rings is 2. The molecule has 0 fully saturated rings. The van der Waals surface area contributed by atoms with Gasteiger partial charge in [-0.2, -0.15) is 0 Å². The molecule has 1 amide bonds. The van der Waals surface area contributed by atoms with Crippen LogP contribution in [-0.2, 0) is 6.42 Å². The number of hydrogen-bond acceptors (Lipinski definition) is 2. The summed E-state index contributed by atoms with van der Waals surface area (Å²) >= 11 is 2.01. The molecule has 26 heavy (non-hydrogen) atoms. The van der Waals surface area contributed by atoms with E-state index in [1.165, 1.54) is 12.1 Å². The van der Waals surface area contributed by atoms with E-state index >= 15 is 0 Å². The highest BCUT2D eigenvalue weighted by Crippen LogP contribution is 2.27. The van der Waals surface area contributed by atoms with E-state index < -0.39 is 17.5 Å². The third-order valence-electron chi connectivity index (χ3n) is 3.72. The summed E-state index contributed by atoms with van der Waals surface area (Å²) in [6.07, 6.45) is 2.65. The first-order chi connectivity index (χ1) is 12.3. The van der Waals surface area contributed by atoms with Gasteiger partial charge < -0.3 is 10.5 Å². The van der Waals surface area contributed by atoms with Crippen LogP contribution < -0.4 is 10.5 Å². The van der Waals surface area contributed by atoms with Crippen molar-refractivity contribution >= 4 is 28.5 Å². The van der Waals surface area contributed by atoms with Crippen LogP contribution in [0.3, 0.4) is 0 Å². The van der Waals surface area contributed by atoms with E-state index in [4.69, 9.17) is 10.5 Å². The van der Waals surface area contributed by atoms with Crippen molar-refractivity contribution in [2.75, 3.05) is 6.61 Å². The maximum absolute atomic E-state index is 14.1. The lowest BCUT2D eigenvalue weighted by Gasteiger charge is -2.14. The fourth-order valence-corrected chi connectivity index (χ4v) is 3.01. The molecule has 0 unspecified atom stereocenters. The number of halogens is 3. The molecule has 0 aliphatic heterocycles. The van der Waals surface area contributed by atoms with Gasteiger partial charge in [0.05, 0.1) is 12.2 Å². The average Bonchev–Trinajstić information content (AvgIpc) is 2.53. The minimum atomic E-state index is -0.733. The minimum absolute atomic E-state index is 0.0448. The lowest BCUT2D eigenvalue weighted by Crippen LogP contribution is -2.17. The Bertz CT molecular complexity index is 846. The first kappa shape index (κ1) is 20.4. The summed E-state index contributed by atoms with van der Waals surface area (Å²) in [5.41, 5.74) is 7.36. The van der Waals surface area contributed by atoms with Crippen LogP contribution in [0, 0.1) is 15.2 Å². The first-order valence-electron chi connectivity index (χ1n) is 8.10. The topological polar surface area (TPSA) is 52.3 Å². The molecular weight excluding hydrogens is 451 g/mol. The van der Waals surface area contributed by atoms with E-state index in [-0.39, 0.29) is 24.3 Å². The first-order valence-corrected chi connectivity index (χ1v) is 9.18. The Morgan fingerprint density at radius 2 is 1.92 bits per heavy atom. The zero-order valence-corrected chi connectivity index (χ0v) is 16.8. The quantitative estimate of drug-likeness (QED) is 0.351. The predicted molar refractivity (Wildman–Crippen MR) is 106 cm³/mol. The van der Waals surface area contributed by atoms with Crippen LogP contribution >= 0.6 is 22.6 Å². The molecule has 0 aliphatic carbocycles. The van der Waals surface area contributed by atoms with E-state index in [2.05, 4.69) is 0 Å². The van der Waals surface area contributed by atoms with Crippen molar-refractivity contribution in [3.8, 4) is 5.75 Å². The second-order valence-corrected chi connectivity index (χ2v) is 7.38. The molecule has 0 aliphatic rings. The molecule has 0 saturated carbocycles. The molecule has 2 rings (SSSR count). The van der Waals surface area contributed by atoms with Crippen molar-refractivity contribution in [3.05, 3.63) is 73.9 Å². The van der Waals surface area contributed by atoms with Gasteiger partial charge in [-0.25, -0.2) is 8.78 Å². The SMILES string of the molecule is CC(C)=CCCOc1cc(F)cc(Cc2ccc(I)cc2F)c1C(N)=O. The molecule has 2 N–H and O–H groups in total. The van der Waals surface area contributed by atoms with Gasteiger partial charge in [0, 0.05) is 16.1 Å². The highest BCUT2D eigenvalue weighted by Gasteiger charge is 2.19. The molecule has 0 saturated heterocycles. The van der Waals surface area contributed by atoms with E-state index in [9.17, 15) is 13.6 Å². The second-order valence-electron chi connectivity index (χ2n) is 6.13. The van der Waals surface area contributed by atoms with Gasteiger partial charge in [-0.15, -0.1) is 0 Å². The van der Waals surface area contributed by atoms with Gasteiger partial charge in [0.15, 0.2) is 0 Å². The zero-order valence-electron chi connectivity index (χ0n) is 14.6. The summed E-state index contributed by atoms with van der Waals surface area (Å²) in [6.45, 7) is 4.21. The molecule has 6 heteroatoms. The molecule has 0 heterocycles. The molecule has 2 aromatic rings. The number of rotatable bonds is 7. The monoisotopic (exact) mass is 471 g/mol. The predicted octanol–water partition coefficient (Wildman–Crippen LogP) is 4.99. The highest BCUT2D eigenvalue weighted by molar-refractivity contribution is 14.1. The van der Waals surface area contributed by atoms with E-state index in [0.29, 0.717) is 17.5 Å². The van der Waals surface area contributed by atoms with Crippen molar-refractivity contribution in [1.29, 1.82) is 0 Å². The zero-order chi connectivity index (χ0) is 19.3. The summed E-state index contributed by atoms with van der Waals surface area (Å²) < 4.78 is 34.5. The number of amides is 1. The largest absolute Gasteiger partial charge is 0.492 e. The fraction of sp³-hybridized carbons (Fsp3) is 0.250. The normalized spacial score (nSPS) is 10.5. The fourth-order valence-electron chi connectivity index (χ4n) is 2.56. The average molecular weight is 471 g/mol. The number of ether oxygens (including phenoxy) is 1. The van der Waals surface area contributed by atoms with Crippen LogP contribution in [0.4, 0.5) is 8.78 Å². The lowest BCUT2D eigenvalue weighted by atomic mass is 9.98. The molecule has 138 valence electrons. The van der Waals surface area contributed by atoms with Gasteiger partial charge in [0.2, 0.25) is 0 Å². The Kier molecular flexibility index (Phi) is 7.14. The summed E-state index contributed by atoms with van der Waals surface area (Å²) in [6, 6.07) is 7.08. The summed E-state index contributed by atoms with van der Waals surface area (Å²) in [5.74, 6) is -1.63. The maximum Gasteiger partial charge on any atom is 0.252 e. The molecule has 0 bridgehead atoms. The second kappa shape index (κ2) is 9.12. The Labute approximate surface area is 165 Å². The third-order valence-corrected chi connectivity index (χ3v) is 4.39. The Balaban J connectivity index is 2.35. The van der Waals surface area contributed by atoms with Crippen molar-refractivity contribution in [2.45, 2.75) is 26.7 Å². The van der Waals surface area contributed by atoms with Crippen LogP contribution in [-0.4, -0.2) is 12.5 Å². The van der Waals surface area contributed by atoms with Crippen molar-refractivity contribution in [3.63, 3.8) is 0 Å². The van der Waals surface area contributed by atoms with Crippen molar-refractivity contribution < 1.29 is 18.3 Å². The standard InChI is InChI=1S/C20H20F2INO2/c1-12(2)4-3-7-26-18-10-15(21)9-14(19(18)20(24)25)8-13-5-6-16(23)11-17(13)22/h4-6,9-11H,3,7-8H2,1-2H3,(H2,24,25). The van der Waals surface area contributed by atoms with Gasteiger partial charge in [0.25, 0.3) is 5.91 Å². The smallest absolute Gasteiger partial charge is 0.252 e. The molecule has 2 aromatic carbocycles. The number of allylic oxidation sites excluding steroid dienone is 1. The Morgan fingerprint density at radius 1 is 1.19 bits per heavy atom. The summed E-state index contributed by atoms with van der Waals surface area (Å²) in [4.78, 5) is 11.9. The highest BCUT2D eigenvalue weighted by atomic mass is 127. The molecule has 0 spiro atoms. The third kappa shape index (κ3) is 5.52. The molecule has 0 radical (unpaired) electrons. The van der Waals surface area contributed by atoms with Gasteiger partial charge in [-0.1, -0.05) is 17.7 Å². The Hall–Kier alpha value is -1.96. The van der Waals surface area contributed by atoms with Gasteiger partial charge in [-0.3, -0.25) is 4.79 Å². The van der Waals surface area contributed by atoms with E-state index in [1.54, 1.807) is 12.1 Å². The van der Waals surface area contributed by atoms with Gasteiger partial charge in [-0.05, 0) is 72.2 Å². The number of carbonyl (C=O) groups excluding carboxylic acids is 1. The van der Waals surface area contributed by atoms with Gasteiger partial charge >= 0.3 is 0 Å². The van der Waals surface area contributed by atoms with Crippen LogP contribution in [0.5, 0.6) is 5.75 Å². The number of hydrogen-bond donors (Lipinski definition) is 1.